The molecule has 0 aliphatic heterocycles. The summed E-state index contributed by atoms with van der Waals surface area (Å²) in [6, 6.07) is 3.58. The number of methoxy groups -OCH3 is 1. The van der Waals surface area contributed by atoms with Crippen LogP contribution in [0.25, 0.3) is 0 Å². The SMILES string of the molecule is COc1ccc(NC(=O)C[C@@H]2C[C@H]3CC[C@H]2C3)cn1. The summed E-state index contributed by atoms with van der Waals surface area (Å²) in [6.45, 7) is 0. The fourth-order valence-corrected chi connectivity index (χ4v) is 3.65. The summed E-state index contributed by atoms with van der Waals surface area (Å²) in [5.41, 5.74) is 0.744. The zero-order valence-corrected chi connectivity index (χ0v) is 11.3. The average Bonchev–Trinajstić information content (AvgIpc) is 3.02. The molecule has 19 heavy (non-hydrogen) atoms. The van der Waals surface area contributed by atoms with Crippen LogP contribution in [0, 0.1) is 17.8 Å². The Bertz CT molecular complexity index is 458. The lowest BCUT2D eigenvalue weighted by Gasteiger charge is -2.20. The Morgan fingerprint density at radius 1 is 1.42 bits per heavy atom. The van der Waals surface area contributed by atoms with Gasteiger partial charge in [0.2, 0.25) is 11.8 Å². The Balaban J connectivity index is 1.53. The van der Waals surface area contributed by atoms with E-state index in [1.807, 2.05) is 6.07 Å². The van der Waals surface area contributed by atoms with Crippen LogP contribution >= 0.6 is 0 Å². The fraction of sp³-hybridized carbons (Fsp3) is 0.600. The van der Waals surface area contributed by atoms with Gasteiger partial charge in [0.15, 0.2) is 0 Å². The molecule has 2 bridgehead atoms. The molecule has 3 atom stereocenters. The summed E-state index contributed by atoms with van der Waals surface area (Å²) < 4.78 is 4.99. The monoisotopic (exact) mass is 260 g/mol. The maximum atomic E-state index is 12.0. The smallest absolute Gasteiger partial charge is 0.224 e. The first kappa shape index (κ1) is 12.5. The summed E-state index contributed by atoms with van der Waals surface area (Å²) in [5, 5.41) is 2.92. The Labute approximate surface area is 113 Å². The highest BCUT2D eigenvalue weighted by atomic mass is 16.5. The number of hydrogen-bond donors (Lipinski definition) is 1. The number of nitrogens with one attached hydrogen (secondary N) is 1. The molecule has 2 fully saturated rings. The van der Waals surface area contributed by atoms with Crippen LogP contribution < -0.4 is 10.1 Å². The minimum atomic E-state index is 0.115. The van der Waals surface area contributed by atoms with Crippen molar-refractivity contribution in [3.05, 3.63) is 18.3 Å². The second kappa shape index (κ2) is 5.19. The fourth-order valence-electron chi connectivity index (χ4n) is 3.65. The zero-order valence-electron chi connectivity index (χ0n) is 11.3. The van der Waals surface area contributed by atoms with Crippen molar-refractivity contribution < 1.29 is 9.53 Å². The molecule has 1 N–H and O–H groups in total. The summed E-state index contributed by atoms with van der Waals surface area (Å²) >= 11 is 0. The molecule has 1 amide bonds. The number of pyridine rings is 1. The molecule has 3 rings (SSSR count). The number of aromatic nitrogens is 1. The number of anilines is 1. The highest BCUT2D eigenvalue weighted by molar-refractivity contribution is 5.90. The lowest BCUT2D eigenvalue weighted by atomic mass is 9.86. The van der Waals surface area contributed by atoms with Gasteiger partial charge in [0, 0.05) is 12.5 Å². The molecule has 1 aromatic heterocycles. The van der Waals surface area contributed by atoms with Crippen molar-refractivity contribution in [1.82, 2.24) is 4.98 Å². The quantitative estimate of drug-likeness (QED) is 0.905. The normalized spacial score (nSPS) is 28.4. The number of fused-ring (bicyclic) bond motifs is 2. The maximum absolute atomic E-state index is 12.0. The first-order chi connectivity index (χ1) is 9.24. The van der Waals surface area contributed by atoms with E-state index in [2.05, 4.69) is 10.3 Å². The molecule has 4 nitrogen and oxygen atoms in total. The van der Waals surface area contributed by atoms with Crippen LogP contribution in [0.1, 0.15) is 32.1 Å². The molecule has 0 saturated heterocycles. The molecule has 1 heterocycles. The van der Waals surface area contributed by atoms with Crippen LogP contribution in [0.5, 0.6) is 5.88 Å². The van der Waals surface area contributed by atoms with E-state index in [-0.39, 0.29) is 5.91 Å². The van der Waals surface area contributed by atoms with Gasteiger partial charge in [-0.3, -0.25) is 4.79 Å². The number of ether oxygens (including phenoxy) is 1. The Hall–Kier alpha value is -1.58. The van der Waals surface area contributed by atoms with Crippen molar-refractivity contribution in [3.63, 3.8) is 0 Å². The van der Waals surface area contributed by atoms with Crippen LogP contribution in [0.2, 0.25) is 0 Å². The molecule has 0 spiro atoms. The summed E-state index contributed by atoms with van der Waals surface area (Å²) in [5.74, 6) is 2.97. The molecule has 0 unspecified atom stereocenters. The van der Waals surface area contributed by atoms with Crippen molar-refractivity contribution in [2.24, 2.45) is 17.8 Å². The predicted molar refractivity (Wildman–Crippen MR) is 73.0 cm³/mol. The van der Waals surface area contributed by atoms with Gasteiger partial charge in [-0.1, -0.05) is 6.42 Å². The van der Waals surface area contributed by atoms with Gasteiger partial charge in [-0.05, 0) is 43.1 Å². The van der Waals surface area contributed by atoms with Crippen LogP contribution in [0.3, 0.4) is 0 Å². The van der Waals surface area contributed by atoms with Crippen LogP contribution in [0.15, 0.2) is 18.3 Å². The molecule has 102 valence electrons. The number of nitrogens with zero attached hydrogens (tertiary/aromatic N) is 1. The van der Waals surface area contributed by atoms with E-state index in [0.717, 1.165) is 17.5 Å². The second-order valence-corrected chi connectivity index (χ2v) is 5.78. The van der Waals surface area contributed by atoms with Gasteiger partial charge in [-0.15, -0.1) is 0 Å². The molecular weight excluding hydrogens is 240 g/mol. The van der Waals surface area contributed by atoms with Crippen LogP contribution in [0.4, 0.5) is 5.69 Å². The van der Waals surface area contributed by atoms with Gasteiger partial charge in [0.1, 0.15) is 0 Å². The molecular formula is C15H20N2O2. The van der Waals surface area contributed by atoms with Gasteiger partial charge >= 0.3 is 0 Å². The van der Waals surface area contributed by atoms with E-state index >= 15 is 0 Å². The average molecular weight is 260 g/mol. The van der Waals surface area contributed by atoms with Gasteiger partial charge in [0.25, 0.3) is 0 Å². The zero-order chi connectivity index (χ0) is 13.2. The van der Waals surface area contributed by atoms with Crippen molar-refractivity contribution >= 4 is 11.6 Å². The standard InChI is InChI=1S/C15H20N2O2/c1-19-15-5-4-13(9-16-15)17-14(18)8-12-7-10-2-3-11(12)6-10/h4-5,9-12H,2-3,6-8H2,1H3,(H,17,18)/t10-,11-,12-/m0/s1. The van der Waals surface area contributed by atoms with Crippen molar-refractivity contribution in [2.75, 3.05) is 12.4 Å². The van der Waals surface area contributed by atoms with Gasteiger partial charge in [-0.25, -0.2) is 4.98 Å². The van der Waals surface area contributed by atoms with E-state index in [0.29, 0.717) is 18.2 Å². The number of hydrogen-bond acceptors (Lipinski definition) is 3. The summed E-state index contributed by atoms with van der Waals surface area (Å²) in [7, 11) is 1.58. The lowest BCUT2D eigenvalue weighted by Crippen LogP contribution is -2.20. The summed E-state index contributed by atoms with van der Waals surface area (Å²) in [6.07, 6.45) is 7.60. The largest absolute Gasteiger partial charge is 0.481 e. The third-order valence-corrected chi connectivity index (χ3v) is 4.56. The molecule has 0 radical (unpaired) electrons. The van der Waals surface area contributed by atoms with E-state index in [4.69, 9.17) is 4.74 Å². The highest BCUT2D eigenvalue weighted by Crippen LogP contribution is 2.49. The molecule has 0 aromatic carbocycles. The molecule has 2 aliphatic rings. The number of amides is 1. The molecule has 4 heteroatoms. The van der Waals surface area contributed by atoms with E-state index in [1.54, 1.807) is 19.4 Å². The van der Waals surface area contributed by atoms with E-state index in [1.165, 1.54) is 25.7 Å². The van der Waals surface area contributed by atoms with Gasteiger partial charge in [0.05, 0.1) is 19.0 Å². The Morgan fingerprint density at radius 3 is 2.89 bits per heavy atom. The third-order valence-electron chi connectivity index (χ3n) is 4.56. The summed E-state index contributed by atoms with van der Waals surface area (Å²) in [4.78, 5) is 16.1. The molecule has 2 aliphatic carbocycles. The first-order valence-corrected chi connectivity index (χ1v) is 7.04. The topological polar surface area (TPSA) is 51.2 Å². The van der Waals surface area contributed by atoms with E-state index < -0.39 is 0 Å². The molecule has 1 aromatic rings. The lowest BCUT2D eigenvalue weighted by molar-refractivity contribution is -0.117. The minimum Gasteiger partial charge on any atom is -0.481 e. The maximum Gasteiger partial charge on any atom is 0.224 e. The Morgan fingerprint density at radius 2 is 2.32 bits per heavy atom. The first-order valence-electron chi connectivity index (χ1n) is 7.04. The molecule has 2 saturated carbocycles. The minimum absolute atomic E-state index is 0.115. The third kappa shape index (κ3) is 2.72. The van der Waals surface area contributed by atoms with Crippen molar-refractivity contribution in [1.29, 1.82) is 0 Å². The highest BCUT2D eigenvalue weighted by Gasteiger charge is 2.40. The van der Waals surface area contributed by atoms with Crippen LogP contribution in [-0.4, -0.2) is 18.0 Å². The Kier molecular flexibility index (Phi) is 3.40. The van der Waals surface area contributed by atoms with Gasteiger partial charge in [-0.2, -0.15) is 0 Å². The number of rotatable bonds is 4. The van der Waals surface area contributed by atoms with Crippen LogP contribution in [-0.2, 0) is 4.79 Å². The predicted octanol–water partition coefficient (Wildman–Crippen LogP) is 2.86. The van der Waals surface area contributed by atoms with E-state index in [9.17, 15) is 4.79 Å². The second-order valence-electron chi connectivity index (χ2n) is 5.78. The number of carbonyl (C=O) groups excluding carboxylic acids is 1. The number of carbonyl (C=O) groups is 1. The van der Waals surface area contributed by atoms with Crippen molar-refractivity contribution in [3.8, 4) is 5.88 Å². The van der Waals surface area contributed by atoms with Gasteiger partial charge < -0.3 is 10.1 Å². The van der Waals surface area contributed by atoms with Crippen molar-refractivity contribution in [2.45, 2.75) is 32.1 Å².